The van der Waals surface area contributed by atoms with E-state index in [2.05, 4.69) is 118 Å². The molecule has 164 valence electrons. The van der Waals surface area contributed by atoms with Gasteiger partial charge in [0.05, 0.1) is 0 Å². The van der Waals surface area contributed by atoms with Gasteiger partial charge in [0, 0.05) is 58.8 Å². The van der Waals surface area contributed by atoms with Crippen LogP contribution in [0.15, 0.2) is 0 Å². The Kier molecular flexibility index (Phi) is 8.20. The average Bonchev–Trinajstić information content (AvgIpc) is 2.15. The van der Waals surface area contributed by atoms with Crippen LogP contribution in [-0.2, 0) is 0 Å². The molecule has 0 nitrogen and oxygen atoms in total. The fourth-order valence-corrected chi connectivity index (χ4v) is 372. The first-order chi connectivity index (χ1) is 11.2. The summed E-state index contributed by atoms with van der Waals surface area (Å²) in [6.45, 7) is 50.0. The summed E-state index contributed by atoms with van der Waals surface area (Å²) < 4.78 is 0. The van der Waals surface area contributed by atoms with Crippen LogP contribution >= 0.6 is 0 Å². The van der Waals surface area contributed by atoms with E-state index in [0.717, 1.165) is 0 Å². The molecule has 0 aromatic carbocycles. The first-order valence-electron chi connectivity index (χ1n) is 11.2. The van der Waals surface area contributed by atoms with Gasteiger partial charge in [-0.25, -0.2) is 0 Å². The second-order valence-electron chi connectivity index (χ2n) is 15.6. The Morgan fingerprint density at radius 2 is 0.556 bits per heavy atom. The molecule has 0 N–H and O–H groups in total. The Morgan fingerprint density at radius 3 is 0.667 bits per heavy atom. The van der Waals surface area contributed by atoms with E-state index >= 15 is 0 Å². The van der Waals surface area contributed by atoms with Gasteiger partial charge in [-0.3, -0.25) is 0 Å². The molecule has 0 aromatic rings. The van der Waals surface area contributed by atoms with Crippen molar-refractivity contribution >= 4 is 58.8 Å². The normalized spacial score (nSPS) is 16.7. The quantitative estimate of drug-likeness (QED) is 0.292. The summed E-state index contributed by atoms with van der Waals surface area (Å²) in [7, 11) is -7.36. The van der Waals surface area contributed by atoms with Gasteiger partial charge >= 0.3 is 0 Å². The fraction of sp³-hybridized carbons (Fsp3) is 1.00. The lowest BCUT2D eigenvalue weighted by atomic mass is 11.7. The summed E-state index contributed by atoms with van der Waals surface area (Å²) in [6, 6.07) is 0. The van der Waals surface area contributed by atoms with E-state index in [1.165, 1.54) is 0 Å². The van der Waals surface area contributed by atoms with Gasteiger partial charge in [0.15, 0.2) is 0 Å². The van der Waals surface area contributed by atoms with Crippen molar-refractivity contribution in [2.45, 2.75) is 124 Å². The molecule has 0 spiro atoms. The Hall–Kier alpha value is 1.74. The molecule has 0 bridgehead atoms. The molecule has 0 saturated heterocycles. The molecule has 0 saturated carbocycles. The molecule has 8 heteroatoms. The van der Waals surface area contributed by atoms with Crippen LogP contribution in [0.1, 0.15) is 0 Å². The second-order valence-corrected chi connectivity index (χ2v) is 101. The molecular formula is C19H56Si8. The van der Waals surface area contributed by atoms with Crippen molar-refractivity contribution in [2.75, 3.05) is 0 Å². The van der Waals surface area contributed by atoms with Crippen LogP contribution in [0.4, 0.5) is 0 Å². The van der Waals surface area contributed by atoms with Gasteiger partial charge < -0.3 is 0 Å². The Labute approximate surface area is 181 Å². The van der Waals surface area contributed by atoms with Crippen LogP contribution in [0, 0.1) is 0 Å². The molecule has 0 amide bonds. The van der Waals surface area contributed by atoms with Crippen LogP contribution in [-0.4, -0.2) is 58.8 Å². The number of hydrogen-bond acceptors (Lipinski definition) is 0. The zero-order valence-electron chi connectivity index (χ0n) is 22.7. The van der Waals surface area contributed by atoms with E-state index < -0.39 is 58.8 Å². The van der Waals surface area contributed by atoms with Crippen LogP contribution in [0.5, 0.6) is 0 Å². The zero-order chi connectivity index (χ0) is 22.7. The molecule has 0 aliphatic carbocycles. The highest BCUT2D eigenvalue weighted by atomic mass is 30.3. The molecule has 0 aliphatic rings. The number of hydrogen-bond donors (Lipinski definition) is 0. The minimum Gasteiger partial charge on any atom is -0.0721 e. The van der Waals surface area contributed by atoms with Gasteiger partial charge in [-0.15, -0.1) is 0 Å². The molecule has 0 atom stereocenters. The van der Waals surface area contributed by atoms with E-state index in [9.17, 15) is 0 Å². The van der Waals surface area contributed by atoms with Crippen molar-refractivity contribution in [3.05, 3.63) is 0 Å². The maximum absolute atomic E-state index is 2.88. The fourth-order valence-electron chi connectivity index (χ4n) is 9.00. The molecule has 0 unspecified atom stereocenters. The number of rotatable bonds is 8. The summed E-state index contributed by atoms with van der Waals surface area (Å²) >= 11 is 0. The van der Waals surface area contributed by atoms with Crippen LogP contribution in [0.2, 0.25) is 124 Å². The predicted octanol–water partition coefficient (Wildman–Crippen LogP) is 7.92. The van der Waals surface area contributed by atoms with Crippen LogP contribution in [0.3, 0.4) is 0 Å². The summed E-state index contributed by atoms with van der Waals surface area (Å²) in [5.74, 6) is 0. The van der Waals surface area contributed by atoms with Gasteiger partial charge in [-0.2, -0.15) is 0 Å². The van der Waals surface area contributed by atoms with Gasteiger partial charge in [-0.1, -0.05) is 124 Å². The first-order valence-corrected chi connectivity index (χ1v) is 42.6. The lowest BCUT2D eigenvalue weighted by Crippen LogP contribution is -3.03. The Morgan fingerprint density at radius 1 is 0.333 bits per heavy atom. The maximum atomic E-state index is 2.88. The monoisotopic (exact) mass is 508 g/mol. The van der Waals surface area contributed by atoms with Gasteiger partial charge in [-0.05, 0) is 0 Å². The zero-order valence-corrected chi connectivity index (χ0v) is 30.7. The van der Waals surface area contributed by atoms with Crippen molar-refractivity contribution in [1.82, 2.24) is 0 Å². The Bertz CT molecular complexity index is 463. The summed E-state index contributed by atoms with van der Waals surface area (Å²) in [4.78, 5) is 0. The second kappa shape index (κ2) is 7.70. The lowest BCUT2D eigenvalue weighted by Gasteiger charge is -2.74. The van der Waals surface area contributed by atoms with Gasteiger partial charge in [0.2, 0.25) is 0 Å². The van der Waals surface area contributed by atoms with E-state index in [4.69, 9.17) is 0 Å². The standard InChI is InChI=1S/C19H56Si8/c1-20(2,3)19-26(21(4,5)6,22(7,8)9)27(23(10,11)12,24(13,14)15)25(16,17)18/h19H2,1-18H3. The molecular weight excluding hydrogens is 453 g/mol. The maximum Gasteiger partial charge on any atom is 0.0410 e. The van der Waals surface area contributed by atoms with Crippen molar-refractivity contribution in [2.24, 2.45) is 0 Å². The van der Waals surface area contributed by atoms with E-state index in [1.54, 1.807) is 5.67 Å². The largest absolute Gasteiger partial charge is 0.0721 e. The summed E-state index contributed by atoms with van der Waals surface area (Å²) in [5, 5.41) is 0. The average molecular weight is 509 g/mol. The molecule has 0 fully saturated rings. The van der Waals surface area contributed by atoms with Crippen molar-refractivity contribution in [3.63, 3.8) is 0 Å². The predicted molar refractivity (Wildman–Crippen MR) is 156 cm³/mol. The van der Waals surface area contributed by atoms with E-state index in [0.29, 0.717) is 0 Å². The van der Waals surface area contributed by atoms with Gasteiger partial charge in [0.1, 0.15) is 0 Å². The van der Waals surface area contributed by atoms with Gasteiger partial charge in [0.25, 0.3) is 0 Å². The van der Waals surface area contributed by atoms with E-state index in [-0.39, 0.29) is 0 Å². The third-order valence-electron chi connectivity index (χ3n) is 7.37. The third-order valence-corrected chi connectivity index (χ3v) is 191. The minimum atomic E-state index is -1.36. The molecule has 0 aliphatic heterocycles. The molecule has 27 heavy (non-hydrogen) atoms. The minimum absolute atomic E-state index is 1.13. The topological polar surface area (TPSA) is 0 Å². The lowest BCUT2D eigenvalue weighted by molar-refractivity contribution is 1.58. The first kappa shape index (κ1) is 28.7. The molecule has 0 radical (unpaired) electrons. The highest BCUT2D eigenvalue weighted by Gasteiger charge is 2.77. The highest BCUT2D eigenvalue weighted by molar-refractivity contribution is 8.20. The molecule has 0 aromatic heterocycles. The SMILES string of the molecule is C[Si](C)(C)C[Si]([Si](C)(C)C)([Si](C)(C)C)[Si]([Si](C)(C)C)([Si](C)(C)C)[Si](C)(C)C. The summed E-state index contributed by atoms with van der Waals surface area (Å²) in [5.41, 5.74) is 1.79. The van der Waals surface area contributed by atoms with Crippen molar-refractivity contribution in [3.8, 4) is 0 Å². The smallest absolute Gasteiger partial charge is 0.0410 e. The van der Waals surface area contributed by atoms with Crippen LogP contribution < -0.4 is 0 Å². The molecule has 0 rings (SSSR count). The third kappa shape index (κ3) is 4.82. The van der Waals surface area contributed by atoms with Crippen molar-refractivity contribution < 1.29 is 0 Å². The Balaban J connectivity index is 7.98. The molecule has 0 heterocycles. The van der Waals surface area contributed by atoms with Crippen molar-refractivity contribution in [1.29, 1.82) is 0 Å². The highest BCUT2D eigenvalue weighted by Crippen LogP contribution is 2.52. The summed E-state index contributed by atoms with van der Waals surface area (Å²) in [6.07, 6.45) is -1.35. The van der Waals surface area contributed by atoms with E-state index in [1.807, 2.05) is 0 Å². The van der Waals surface area contributed by atoms with Crippen LogP contribution in [0.25, 0.3) is 0 Å².